The molecule has 1 aliphatic rings. The number of piperazine rings is 1. The van der Waals surface area contributed by atoms with Crippen molar-refractivity contribution in [2.75, 3.05) is 26.2 Å². The van der Waals surface area contributed by atoms with Gasteiger partial charge in [0, 0.05) is 49.9 Å². The molecule has 1 N–H and O–H groups in total. The Morgan fingerprint density at radius 3 is 2.70 bits per heavy atom. The van der Waals surface area contributed by atoms with E-state index in [1.165, 1.54) is 5.56 Å². The van der Waals surface area contributed by atoms with E-state index in [-0.39, 0.29) is 6.61 Å². The highest BCUT2D eigenvalue weighted by Crippen LogP contribution is 2.21. The van der Waals surface area contributed by atoms with Crippen LogP contribution in [0.3, 0.4) is 0 Å². The van der Waals surface area contributed by atoms with Crippen LogP contribution in [0, 0.1) is 0 Å². The molecule has 0 bridgehead atoms. The summed E-state index contributed by atoms with van der Waals surface area (Å²) < 4.78 is 0. The van der Waals surface area contributed by atoms with Crippen molar-refractivity contribution < 1.29 is 5.11 Å². The van der Waals surface area contributed by atoms with Crippen molar-refractivity contribution in [2.24, 2.45) is 0 Å². The van der Waals surface area contributed by atoms with Crippen molar-refractivity contribution in [1.82, 2.24) is 9.80 Å². The van der Waals surface area contributed by atoms with E-state index >= 15 is 0 Å². The topological polar surface area (TPSA) is 26.7 Å². The number of benzene rings is 1. The molecule has 112 valence electrons. The average Bonchev–Trinajstić information content (AvgIpc) is 2.42. The standard InChI is InChI=1S/C16H25ClN2O/c1-13(2)19-9-8-18(12-15(19)7-10-20)11-14-5-3-4-6-16(14)17/h3-6,13,15,20H,7-12H2,1-2H3/t15-/m1/s1. The molecule has 0 aliphatic carbocycles. The minimum atomic E-state index is 0.258. The maximum absolute atomic E-state index is 9.27. The lowest BCUT2D eigenvalue weighted by atomic mass is 10.1. The van der Waals surface area contributed by atoms with Gasteiger partial charge in [-0.2, -0.15) is 0 Å². The molecule has 0 unspecified atom stereocenters. The Kier molecular flexibility index (Phi) is 5.85. The molecule has 1 aromatic rings. The highest BCUT2D eigenvalue weighted by atomic mass is 35.5. The van der Waals surface area contributed by atoms with E-state index in [1.54, 1.807) is 0 Å². The molecule has 3 nitrogen and oxygen atoms in total. The number of hydrogen-bond donors (Lipinski definition) is 1. The summed E-state index contributed by atoms with van der Waals surface area (Å²) in [6, 6.07) is 9.03. The van der Waals surface area contributed by atoms with E-state index in [0.29, 0.717) is 12.1 Å². The quantitative estimate of drug-likeness (QED) is 0.905. The van der Waals surface area contributed by atoms with Crippen LogP contribution in [0.2, 0.25) is 5.02 Å². The molecule has 1 atom stereocenters. The van der Waals surface area contributed by atoms with Crippen molar-refractivity contribution >= 4 is 11.6 Å². The molecule has 4 heteroatoms. The normalized spacial score (nSPS) is 21.6. The third-order valence-electron chi connectivity index (χ3n) is 4.09. The first-order valence-electron chi connectivity index (χ1n) is 7.44. The van der Waals surface area contributed by atoms with Crippen LogP contribution in [0.4, 0.5) is 0 Å². The molecule has 0 saturated carbocycles. The molecule has 0 amide bonds. The van der Waals surface area contributed by atoms with Gasteiger partial charge < -0.3 is 5.11 Å². The Labute approximate surface area is 127 Å². The number of nitrogens with zero attached hydrogens (tertiary/aromatic N) is 2. The smallest absolute Gasteiger partial charge is 0.0451 e. The molecule has 0 spiro atoms. The van der Waals surface area contributed by atoms with Gasteiger partial charge in [-0.25, -0.2) is 0 Å². The molecular formula is C16H25ClN2O. The molecule has 0 aromatic heterocycles. The zero-order valence-corrected chi connectivity index (χ0v) is 13.2. The van der Waals surface area contributed by atoms with Crippen molar-refractivity contribution in [2.45, 2.75) is 38.9 Å². The minimum Gasteiger partial charge on any atom is -0.396 e. The van der Waals surface area contributed by atoms with Gasteiger partial charge in [0.25, 0.3) is 0 Å². The van der Waals surface area contributed by atoms with Crippen LogP contribution in [0.1, 0.15) is 25.8 Å². The molecular weight excluding hydrogens is 272 g/mol. The summed E-state index contributed by atoms with van der Waals surface area (Å²) in [4.78, 5) is 4.94. The van der Waals surface area contributed by atoms with E-state index in [9.17, 15) is 5.11 Å². The fourth-order valence-electron chi connectivity index (χ4n) is 3.03. The largest absolute Gasteiger partial charge is 0.396 e. The average molecular weight is 297 g/mol. The Morgan fingerprint density at radius 1 is 1.30 bits per heavy atom. The summed E-state index contributed by atoms with van der Waals surface area (Å²) in [5.41, 5.74) is 1.19. The summed E-state index contributed by atoms with van der Waals surface area (Å²) in [5, 5.41) is 10.1. The van der Waals surface area contributed by atoms with E-state index in [4.69, 9.17) is 11.6 Å². The van der Waals surface area contributed by atoms with Gasteiger partial charge in [0.15, 0.2) is 0 Å². The first-order valence-corrected chi connectivity index (χ1v) is 7.82. The fourth-order valence-corrected chi connectivity index (χ4v) is 3.23. The van der Waals surface area contributed by atoms with Crippen molar-refractivity contribution in [1.29, 1.82) is 0 Å². The summed E-state index contributed by atoms with van der Waals surface area (Å²) in [5.74, 6) is 0. The van der Waals surface area contributed by atoms with Gasteiger partial charge in [0.2, 0.25) is 0 Å². The number of aliphatic hydroxyl groups excluding tert-OH is 1. The molecule has 1 heterocycles. The third kappa shape index (κ3) is 3.95. The first kappa shape index (κ1) is 15.8. The maximum Gasteiger partial charge on any atom is 0.0451 e. The first-order chi connectivity index (χ1) is 9.61. The highest BCUT2D eigenvalue weighted by Gasteiger charge is 2.28. The van der Waals surface area contributed by atoms with Crippen LogP contribution in [0.15, 0.2) is 24.3 Å². The predicted octanol–water partition coefficient (Wildman–Crippen LogP) is 2.62. The van der Waals surface area contributed by atoms with Crippen LogP contribution in [0.25, 0.3) is 0 Å². The van der Waals surface area contributed by atoms with Gasteiger partial charge >= 0.3 is 0 Å². The Balaban J connectivity index is 1.99. The van der Waals surface area contributed by atoms with E-state index in [2.05, 4.69) is 29.7 Å². The lowest BCUT2D eigenvalue weighted by Gasteiger charge is -2.43. The van der Waals surface area contributed by atoms with Crippen LogP contribution in [-0.2, 0) is 6.54 Å². The van der Waals surface area contributed by atoms with E-state index in [1.807, 2.05) is 18.2 Å². The van der Waals surface area contributed by atoms with Crippen molar-refractivity contribution in [3.05, 3.63) is 34.9 Å². The van der Waals surface area contributed by atoms with Crippen molar-refractivity contribution in [3.8, 4) is 0 Å². The fraction of sp³-hybridized carbons (Fsp3) is 0.625. The van der Waals surface area contributed by atoms with E-state index in [0.717, 1.165) is 37.6 Å². The van der Waals surface area contributed by atoms with E-state index < -0.39 is 0 Å². The zero-order valence-electron chi connectivity index (χ0n) is 12.4. The van der Waals surface area contributed by atoms with Gasteiger partial charge in [-0.15, -0.1) is 0 Å². The Hall–Kier alpha value is -0.610. The molecule has 1 fully saturated rings. The van der Waals surface area contributed by atoms with Gasteiger partial charge in [-0.05, 0) is 31.9 Å². The summed E-state index contributed by atoms with van der Waals surface area (Å²) >= 11 is 6.24. The van der Waals surface area contributed by atoms with Crippen LogP contribution in [-0.4, -0.2) is 53.2 Å². The Bertz CT molecular complexity index is 425. The molecule has 0 radical (unpaired) electrons. The van der Waals surface area contributed by atoms with Crippen molar-refractivity contribution in [3.63, 3.8) is 0 Å². The van der Waals surface area contributed by atoms with Crippen LogP contribution in [0.5, 0.6) is 0 Å². The summed E-state index contributed by atoms with van der Waals surface area (Å²) in [7, 11) is 0. The highest BCUT2D eigenvalue weighted by molar-refractivity contribution is 6.31. The minimum absolute atomic E-state index is 0.258. The number of hydrogen-bond acceptors (Lipinski definition) is 3. The maximum atomic E-state index is 9.27. The lowest BCUT2D eigenvalue weighted by Crippen LogP contribution is -2.55. The van der Waals surface area contributed by atoms with Gasteiger partial charge in [-0.1, -0.05) is 29.8 Å². The van der Waals surface area contributed by atoms with Crippen LogP contribution < -0.4 is 0 Å². The lowest BCUT2D eigenvalue weighted by molar-refractivity contribution is 0.0349. The van der Waals surface area contributed by atoms with Gasteiger partial charge in [0.1, 0.15) is 0 Å². The zero-order chi connectivity index (χ0) is 14.5. The van der Waals surface area contributed by atoms with Crippen LogP contribution >= 0.6 is 11.6 Å². The SMILES string of the molecule is CC(C)N1CCN(Cc2ccccc2Cl)C[C@H]1CCO. The molecule has 1 aliphatic heterocycles. The summed E-state index contributed by atoms with van der Waals surface area (Å²) in [6.45, 7) is 8.74. The molecule has 1 saturated heterocycles. The van der Waals surface area contributed by atoms with Gasteiger partial charge in [0.05, 0.1) is 0 Å². The second kappa shape index (κ2) is 7.41. The molecule has 1 aromatic carbocycles. The second-order valence-corrected chi connectivity index (χ2v) is 6.23. The Morgan fingerprint density at radius 2 is 2.05 bits per heavy atom. The number of aliphatic hydroxyl groups is 1. The predicted molar refractivity (Wildman–Crippen MR) is 84.1 cm³/mol. The number of rotatable bonds is 5. The summed E-state index contributed by atoms with van der Waals surface area (Å²) in [6.07, 6.45) is 0.844. The van der Waals surface area contributed by atoms with Gasteiger partial charge in [-0.3, -0.25) is 9.80 Å². The molecule has 20 heavy (non-hydrogen) atoms. The molecule has 2 rings (SSSR count). The second-order valence-electron chi connectivity index (χ2n) is 5.82. The third-order valence-corrected chi connectivity index (χ3v) is 4.46. The monoisotopic (exact) mass is 296 g/mol. The number of halogens is 1.